The van der Waals surface area contributed by atoms with Gasteiger partial charge in [-0.2, -0.15) is 5.10 Å². The SMILES string of the molecule is CCNC(=NCc1ccccc1CN1CCCCCC1)NC1CCc2nc(C)nn2C1. The van der Waals surface area contributed by atoms with Crippen LogP contribution in [-0.2, 0) is 26.1 Å². The van der Waals surface area contributed by atoms with Crippen molar-refractivity contribution in [2.75, 3.05) is 19.6 Å². The lowest BCUT2D eigenvalue weighted by Gasteiger charge is -2.25. The van der Waals surface area contributed by atoms with E-state index in [1.165, 1.54) is 49.9 Å². The van der Waals surface area contributed by atoms with Crippen molar-refractivity contribution in [2.24, 2.45) is 4.99 Å². The molecule has 0 spiro atoms. The standard InChI is InChI=1S/C24H37N7/c1-3-25-24(28-22-12-13-23-27-19(2)29-31(23)18-22)26-16-20-10-6-7-11-21(20)17-30-14-8-4-5-9-15-30/h6-7,10-11,22H,3-5,8-9,12-18H2,1-2H3,(H2,25,26,28). The molecule has 0 bridgehead atoms. The van der Waals surface area contributed by atoms with Crippen molar-refractivity contribution in [3.8, 4) is 0 Å². The van der Waals surface area contributed by atoms with E-state index < -0.39 is 0 Å². The molecule has 1 fully saturated rings. The van der Waals surface area contributed by atoms with Crippen molar-refractivity contribution in [3.05, 3.63) is 47.0 Å². The molecule has 2 aliphatic heterocycles. The third kappa shape index (κ3) is 6.06. The zero-order valence-corrected chi connectivity index (χ0v) is 19.1. The Hall–Kier alpha value is -2.41. The van der Waals surface area contributed by atoms with Crippen LogP contribution in [0.25, 0.3) is 0 Å². The van der Waals surface area contributed by atoms with Crippen LogP contribution in [0.3, 0.4) is 0 Å². The fourth-order valence-electron chi connectivity index (χ4n) is 4.63. The molecule has 1 aromatic heterocycles. The Morgan fingerprint density at radius 3 is 2.68 bits per heavy atom. The summed E-state index contributed by atoms with van der Waals surface area (Å²) < 4.78 is 2.04. The van der Waals surface area contributed by atoms with Crippen molar-refractivity contribution in [2.45, 2.75) is 78.0 Å². The number of benzene rings is 1. The molecule has 1 unspecified atom stereocenters. The van der Waals surface area contributed by atoms with Gasteiger partial charge in [0.2, 0.25) is 0 Å². The van der Waals surface area contributed by atoms with Crippen LogP contribution in [-0.4, -0.2) is 51.3 Å². The summed E-state index contributed by atoms with van der Waals surface area (Å²) >= 11 is 0. The zero-order valence-electron chi connectivity index (χ0n) is 19.1. The molecule has 0 radical (unpaired) electrons. The van der Waals surface area contributed by atoms with Gasteiger partial charge in [0.05, 0.1) is 13.1 Å². The summed E-state index contributed by atoms with van der Waals surface area (Å²) in [4.78, 5) is 12.1. The molecule has 2 aromatic rings. The summed E-state index contributed by atoms with van der Waals surface area (Å²) in [6.07, 6.45) is 7.39. The molecule has 3 heterocycles. The van der Waals surface area contributed by atoms with E-state index in [1.54, 1.807) is 0 Å². The fraction of sp³-hybridized carbons (Fsp3) is 0.625. The molecule has 7 heteroatoms. The lowest BCUT2D eigenvalue weighted by atomic mass is 10.1. The van der Waals surface area contributed by atoms with Gasteiger partial charge < -0.3 is 10.6 Å². The highest BCUT2D eigenvalue weighted by atomic mass is 15.4. The minimum atomic E-state index is 0.318. The number of aryl methyl sites for hydroxylation is 2. The number of hydrogen-bond donors (Lipinski definition) is 2. The van der Waals surface area contributed by atoms with Crippen molar-refractivity contribution >= 4 is 5.96 Å². The average Bonchev–Trinajstić information content (AvgIpc) is 2.95. The molecular formula is C24H37N7. The van der Waals surface area contributed by atoms with Gasteiger partial charge in [0.25, 0.3) is 0 Å². The van der Waals surface area contributed by atoms with Gasteiger partial charge in [0.15, 0.2) is 5.96 Å². The quantitative estimate of drug-likeness (QED) is 0.552. The van der Waals surface area contributed by atoms with Crippen molar-refractivity contribution in [3.63, 3.8) is 0 Å². The lowest BCUT2D eigenvalue weighted by molar-refractivity contribution is 0.276. The molecule has 0 aliphatic carbocycles. The van der Waals surface area contributed by atoms with E-state index in [-0.39, 0.29) is 0 Å². The summed E-state index contributed by atoms with van der Waals surface area (Å²) in [7, 11) is 0. The number of nitrogens with one attached hydrogen (secondary N) is 2. The topological polar surface area (TPSA) is 70.4 Å². The highest BCUT2D eigenvalue weighted by molar-refractivity contribution is 5.80. The molecule has 0 saturated carbocycles. The first-order chi connectivity index (χ1) is 15.2. The van der Waals surface area contributed by atoms with Gasteiger partial charge in [-0.05, 0) is 57.3 Å². The predicted molar refractivity (Wildman–Crippen MR) is 125 cm³/mol. The van der Waals surface area contributed by atoms with Gasteiger partial charge in [0, 0.05) is 25.6 Å². The first-order valence-electron chi connectivity index (χ1n) is 12.0. The Labute approximate surface area is 186 Å². The van der Waals surface area contributed by atoms with Crippen molar-refractivity contribution in [1.29, 1.82) is 0 Å². The molecule has 168 valence electrons. The van der Waals surface area contributed by atoms with E-state index in [4.69, 9.17) is 4.99 Å². The minimum absolute atomic E-state index is 0.318. The van der Waals surface area contributed by atoms with E-state index in [0.29, 0.717) is 12.6 Å². The van der Waals surface area contributed by atoms with Crippen LogP contribution < -0.4 is 10.6 Å². The van der Waals surface area contributed by atoms with Crippen LogP contribution >= 0.6 is 0 Å². The largest absolute Gasteiger partial charge is 0.357 e. The molecule has 1 aromatic carbocycles. The third-order valence-corrected chi connectivity index (χ3v) is 6.27. The number of hydrogen-bond acceptors (Lipinski definition) is 4. The van der Waals surface area contributed by atoms with E-state index in [2.05, 4.69) is 56.8 Å². The minimum Gasteiger partial charge on any atom is -0.357 e. The average molecular weight is 424 g/mol. The number of nitrogens with zero attached hydrogens (tertiary/aromatic N) is 5. The number of guanidine groups is 1. The Kier molecular flexibility index (Phi) is 7.57. The Balaban J connectivity index is 1.40. The molecule has 2 aliphatic rings. The van der Waals surface area contributed by atoms with Gasteiger partial charge in [-0.25, -0.2) is 14.7 Å². The van der Waals surface area contributed by atoms with Gasteiger partial charge in [0.1, 0.15) is 11.6 Å². The maximum absolute atomic E-state index is 4.94. The number of likely N-dealkylation sites (tertiary alicyclic amines) is 1. The summed E-state index contributed by atoms with van der Waals surface area (Å²) in [5.74, 6) is 2.84. The number of aromatic nitrogens is 3. The number of aliphatic imine (C=N–C) groups is 1. The second-order valence-electron chi connectivity index (χ2n) is 8.79. The van der Waals surface area contributed by atoms with Gasteiger partial charge in [-0.15, -0.1) is 0 Å². The van der Waals surface area contributed by atoms with Gasteiger partial charge in [-0.3, -0.25) is 4.90 Å². The van der Waals surface area contributed by atoms with E-state index in [9.17, 15) is 0 Å². The van der Waals surface area contributed by atoms with Crippen LogP contribution in [0.1, 0.15) is 61.8 Å². The van der Waals surface area contributed by atoms with Crippen molar-refractivity contribution in [1.82, 2.24) is 30.3 Å². The Morgan fingerprint density at radius 2 is 1.90 bits per heavy atom. The molecule has 1 saturated heterocycles. The van der Waals surface area contributed by atoms with E-state index >= 15 is 0 Å². The molecule has 2 N–H and O–H groups in total. The van der Waals surface area contributed by atoms with Gasteiger partial charge in [-0.1, -0.05) is 37.1 Å². The van der Waals surface area contributed by atoms with Gasteiger partial charge >= 0.3 is 0 Å². The molecule has 4 rings (SSSR count). The van der Waals surface area contributed by atoms with Crippen LogP contribution in [0.4, 0.5) is 0 Å². The third-order valence-electron chi connectivity index (χ3n) is 6.27. The van der Waals surface area contributed by atoms with Crippen molar-refractivity contribution < 1.29 is 0 Å². The molecule has 31 heavy (non-hydrogen) atoms. The molecule has 7 nitrogen and oxygen atoms in total. The normalized spacial score (nSPS) is 20.2. The molecule has 1 atom stereocenters. The number of rotatable bonds is 6. The Morgan fingerprint density at radius 1 is 1.13 bits per heavy atom. The number of fused-ring (bicyclic) bond motifs is 1. The van der Waals surface area contributed by atoms with Crippen LogP contribution in [0.15, 0.2) is 29.3 Å². The lowest BCUT2D eigenvalue weighted by Crippen LogP contribution is -2.47. The monoisotopic (exact) mass is 423 g/mol. The smallest absolute Gasteiger partial charge is 0.191 e. The second-order valence-corrected chi connectivity index (χ2v) is 8.79. The zero-order chi connectivity index (χ0) is 21.5. The summed E-state index contributed by atoms with van der Waals surface area (Å²) in [6, 6.07) is 9.10. The second kappa shape index (κ2) is 10.8. The van der Waals surface area contributed by atoms with E-state index in [0.717, 1.165) is 50.1 Å². The predicted octanol–water partition coefficient (Wildman–Crippen LogP) is 3.03. The Bertz CT molecular complexity index is 865. The molecular weight excluding hydrogens is 386 g/mol. The summed E-state index contributed by atoms with van der Waals surface area (Å²) in [5, 5.41) is 11.6. The first-order valence-corrected chi connectivity index (χ1v) is 12.0. The van der Waals surface area contributed by atoms with E-state index in [1.807, 2.05) is 11.6 Å². The highest BCUT2D eigenvalue weighted by Gasteiger charge is 2.21. The van der Waals surface area contributed by atoms with Crippen LogP contribution in [0.2, 0.25) is 0 Å². The maximum Gasteiger partial charge on any atom is 0.191 e. The van der Waals surface area contributed by atoms with Crippen LogP contribution in [0.5, 0.6) is 0 Å². The first kappa shape index (κ1) is 21.8. The maximum atomic E-state index is 4.94. The fourth-order valence-corrected chi connectivity index (χ4v) is 4.63. The molecule has 0 amide bonds. The summed E-state index contributed by atoms with van der Waals surface area (Å²) in [6.45, 7) is 9.92. The summed E-state index contributed by atoms with van der Waals surface area (Å²) in [5.41, 5.74) is 2.73. The van der Waals surface area contributed by atoms with Crippen LogP contribution in [0, 0.1) is 6.92 Å². The highest BCUT2D eigenvalue weighted by Crippen LogP contribution is 2.17.